The summed E-state index contributed by atoms with van der Waals surface area (Å²) in [5.74, 6) is -0.265. The second-order valence-corrected chi connectivity index (χ2v) is 6.53. The van der Waals surface area contributed by atoms with Crippen molar-refractivity contribution in [3.63, 3.8) is 0 Å². The number of carbonyl (C=O) groups is 1. The topological polar surface area (TPSA) is 20.3 Å². The molecule has 2 nitrogen and oxygen atoms in total. The quantitative estimate of drug-likeness (QED) is 0.740. The van der Waals surface area contributed by atoms with Gasteiger partial charge in [0.15, 0.2) is 0 Å². The lowest BCUT2D eigenvalue weighted by Crippen LogP contribution is -2.36. The first kappa shape index (κ1) is 14.9. The monoisotopic (exact) mass is 351 g/mol. The Labute approximate surface area is 123 Å². The molecular formula is C13H16BrF2NOS. The van der Waals surface area contributed by atoms with Crippen LogP contribution in [0, 0.1) is 0 Å². The first-order valence-electron chi connectivity index (χ1n) is 6.36. The third-order valence-electron chi connectivity index (χ3n) is 3.21. The molecule has 1 aromatic rings. The molecule has 1 aliphatic rings. The van der Waals surface area contributed by atoms with Crippen molar-refractivity contribution in [3.8, 4) is 0 Å². The number of nitrogens with zero attached hydrogens (tertiary/aromatic N) is 1. The van der Waals surface area contributed by atoms with Gasteiger partial charge in [0.1, 0.15) is 0 Å². The second-order valence-electron chi connectivity index (χ2n) is 4.60. The molecule has 0 aromatic carbocycles. The van der Waals surface area contributed by atoms with Crippen molar-refractivity contribution in [3.05, 3.63) is 21.4 Å². The molecular weight excluding hydrogens is 336 g/mol. The van der Waals surface area contributed by atoms with Crippen molar-refractivity contribution in [2.75, 3.05) is 18.4 Å². The van der Waals surface area contributed by atoms with Crippen molar-refractivity contribution in [1.82, 2.24) is 4.90 Å². The van der Waals surface area contributed by atoms with Crippen LogP contribution in [0.2, 0.25) is 0 Å². The zero-order valence-corrected chi connectivity index (χ0v) is 12.9. The fraction of sp³-hybridized carbons (Fsp3) is 0.615. The Hall–Kier alpha value is -0.490. The number of hydrogen-bond donors (Lipinski definition) is 0. The predicted molar refractivity (Wildman–Crippen MR) is 76.7 cm³/mol. The summed E-state index contributed by atoms with van der Waals surface area (Å²) in [4.78, 5) is 15.4. The van der Waals surface area contributed by atoms with Crippen LogP contribution < -0.4 is 0 Å². The number of carbonyl (C=O) groups excluding carboxylic acids is 1. The van der Waals surface area contributed by atoms with E-state index < -0.39 is 13.0 Å². The average Bonchev–Trinajstić information content (AvgIpc) is 2.80. The Morgan fingerprint density at radius 2 is 2.16 bits per heavy atom. The molecule has 0 bridgehead atoms. The summed E-state index contributed by atoms with van der Waals surface area (Å²) in [6.07, 6.45) is 1.84. The molecule has 0 aliphatic heterocycles. The average molecular weight is 352 g/mol. The van der Waals surface area contributed by atoms with Gasteiger partial charge in [-0.3, -0.25) is 4.79 Å². The highest BCUT2D eigenvalue weighted by atomic mass is 79.9. The van der Waals surface area contributed by atoms with Gasteiger partial charge in [-0.2, -0.15) is 0 Å². The molecule has 1 aliphatic carbocycles. The number of halogens is 3. The largest absolute Gasteiger partial charge is 0.331 e. The summed E-state index contributed by atoms with van der Waals surface area (Å²) in [6, 6.07) is 1.90. The van der Waals surface area contributed by atoms with Crippen molar-refractivity contribution < 1.29 is 13.6 Å². The third kappa shape index (κ3) is 3.75. The number of amides is 1. The van der Waals surface area contributed by atoms with Crippen molar-refractivity contribution in [2.45, 2.75) is 32.1 Å². The van der Waals surface area contributed by atoms with Gasteiger partial charge in [-0.25, -0.2) is 8.78 Å². The maximum Gasteiger partial charge on any atom is 0.264 e. The summed E-state index contributed by atoms with van der Waals surface area (Å²) >= 11 is 4.68. The molecule has 1 heterocycles. The van der Waals surface area contributed by atoms with Gasteiger partial charge >= 0.3 is 0 Å². The fourth-order valence-corrected chi connectivity index (χ4v) is 3.95. The van der Waals surface area contributed by atoms with Gasteiger partial charge < -0.3 is 4.90 Å². The number of alkyl halides is 3. The molecule has 0 spiro atoms. The smallest absolute Gasteiger partial charge is 0.264 e. The van der Waals surface area contributed by atoms with E-state index in [1.165, 1.54) is 26.7 Å². The summed E-state index contributed by atoms with van der Waals surface area (Å²) < 4.78 is 25.0. The molecule has 0 saturated heterocycles. The second kappa shape index (κ2) is 6.79. The molecule has 19 heavy (non-hydrogen) atoms. The first-order chi connectivity index (χ1) is 9.11. The van der Waals surface area contributed by atoms with Crippen LogP contribution in [0.5, 0.6) is 0 Å². The highest BCUT2D eigenvalue weighted by Crippen LogP contribution is 2.30. The molecule has 6 heteroatoms. The van der Waals surface area contributed by atoms with Crippen LogP contribution in [-0.2, 0) is 12.8 Å². The van der Waals surface area contributed by atoms with Gasteiger partial charge in [0, 0.05) is 16.8 Å². The van der Waals surface area contributed by atoms with Gasteiger partial charge in [0.2, 0.25) is 0 Å². The Bertz CT molecular complexity index is 426. The summed E-state index contributed by atoms with van der Waals surface area (Å²) in [6.45, 7) is -0.182. The molecule has 0 N–H and O–H groups in total. The minimum absolute atomic E-state index is 0.265. The van der Waals surface area contributed by atoms with Crippen LogP contribution >= 0.6 is 27.3 Å². The molecule has 0 atom stereocenters. The molecule has 0 unspecified atom stereocenters. The minimum Gasteiger partial charge on any atom is -0.331 e. The van der Waals surface area contributed by atoms with Gasteiger partial charge in [-0.15, -0.1) is 11.3 Å². The van der Waals surface area contributed by atoms with Crippen molar-refractivity contribution in [2.24, 2.45) is 0 Å². The van der Waals surface area contributed by atoms with Crippen LogP contribution in [0.15, 0.2) is 6.07 Å². The lowest BCUT2D eigenvalue weighted by Gasteiger charge is -2.20. The van der Waals surface area contributed by atoms with E-state index in [4.69, 9.17) is 0 Å². The van der Waals surface area contributed by atoms with Crippen molar-refractivity contribution in [1.29, 1.82) is 0 Å². The lowest BCUT2D eigenvalue weighted by atomic mass is 9.99. The first-order valence-corrected chi connectivity index (χ1v) is 8.30. The van der Waals surface area contributed by atoms with Gasteiger partial charge in [0.25, 0.3) is 12.3 Å². The highest BCUT2D eigenvalue weighted by molar-refractivity contribution is 9.09. The van der Waals surface area contributed by atoms with E-state index >= 15 is 0 Å². The maximum absolute atomic E-state index is 12.5. The lowest BCUT2D eigenvalue weighted by molar-refractivity contribution is 0.0576. The van der Waals surface area contributed by atoms with Crippen LogP contribution in [0.3, 0.4) is 0 Å². The van der Waals surface area contributed by atoms with Crippen molar-refractivity contribution >= 4 is 33.2 Å². The Morgan fingerprint density at radius 3 is 2.79 bits per heavy atom. The fourth-order valence-electron chi connectivity index (χ4n) is 2.30. The summed E-state index contributed by atoms with van der Waals surface area (Å²) in [5, 5.41) is 0.510. The Morgan fingerprint density at radius 1 is 1.42 bits per heavy atom. The van der Waals surface area contributed by atoms with E-state index in [1.54, 1.807) is 0 Å². The van der Waals surface area contributed by atoms with Gasteiger partial charge in [0.05, 0.1) is 11.4 Å². The third-order valence-corrected chi connectivity index (χ3v) is 4.79. The number of aryl methyl sites for hydroxylation is 2. The molecule has 0 fully saturated rings. The Balaban J connectivity index is 2.13. The van der Waals surface area contributed by atoms with E-state index in [1.807, 2.05) is 6.07 Å². The van der Waals surface area contributed by atoms with E-state index in [9.17, 15) is 13.6 Å². The predicted octanol–water partition coefficient (Wildman–Crippen LogP) is 3.73. The normalized spacial score (nSPS) is 14.5. The van der Waals surface area contributed by atoms with Gasteiger partial charge in [-0.05, 0) is 37.3 Å². The van der Waals surface area contributed by atoms with E-state index in [0.29, 0.717) is 16.8 Å². The van der Waals surface area contributed by atoms with Crippen LogP contribution in [-0.4, -0.2) is 35.7 Å². The number of fused-ring (bicyclic) bond motifs is 1. The van der Waals surface area contributed by atoms with Crippen LogP contribution in [0.4, 0.5) is 8.78 Å². The van der Waals surface area contributed by atoms with E-state index in [-0.39, 0.29) is 5.91 Å². The SMILES string of the molecule is O=C(c1cc2c(s1)CCCC2)N(CCBr)CC(F)F. The van der Waals surface area contributed by atoms with Crippen LogP contribution in [0.1, 0.15) is 33.0 Å². The van der Waals surface area contributed by atoms with Crippen LogP contribution in [0.25, 0.3) is 0 Å². The minimum atomic E-state index is -2.49. The summed E-state index contributed by atoms with van der Waals surface area (Å²) in [7, 11) is 0. The zero-order valence-electron chi connectivity index (χ0n) is 10.5. The molecule has 1 amide bonds. The highest BCUT2D eigenvalue weighted by Gasteiger charge is 2.23. The Kier molecular flexibility index (Phi) is 5.33. The molecule has 0 radical (unpaired) electrons. The molecule has 106 valence electrons. The number of hydrogen-bond acceptors (Lipinski definition) is 2. The number of thiophene rings is 1. The number of rotatable bonds is 5. The summed E-state index contributed by atoms with van der Waals surface area (Å²) in [5.41, 5.74) is 1.23. The molecule has 2 rings (SSSR count). The molecule has 0 saturated carbocycles. The maximum atomic E-state index is 12.5. The standard InChI is InChI=1S/C13H16BrF2NOS/c14-5-6-17(8-12(15)16)13(18)11-7-9-3-1-2-4-10(9)19-11/h7,12H,1-6,8H2. The molecule has 1 aromatic heterocycles. The van der Waals surface area contributed by atoms with E-state index in [2.05, 4.69) is 15.9 Å². The van der Waals surface area contributed by atoms with Gasteiger partial charge in [-0.1, -0.05) is 15.9 Å². The zero-order chi connectivity index (χ0) is 13.8. The van der Waals surface area contributed by atoms with E-state index in [0.717, 1.165) is 25.7 Å².